The molecule has 4 heteroatoms. The van der Waals surface area contributed by atoms with Gasteiger partial charge in [-0.2, -0.15) is 0 Å². The van der Waals surface area contributed by atoms with Crippen molar-refractivity contribution in [1.82, 2.24) is 10.6 Å². The summed E-state index contributed by atoms with van der Waals surface area (Å²) in [6.07, 6.45) is 3.02. The minimum atomic E-state index is -0.219. The molecule has 0 aromatic heterocycles. The fourth-order valence-electron chi connectivity index (χ4n) is 2.07. The highest BCUT2D eigenvalue weighted by atomic mass is 19.1. The van der Waals surface area contributed by atoms with Gasteiger partial charge in [-0.15, -0.1) is 0 Å². The molecule has 2 N–H and O–H groups in total. The molecule has 0 atom stereocenters. The first-order chi connectivity index (χ1) is 8.66. The van der Waals surface area contributed by atoms with E-state index in [1.54, 1.807) is 0 Å². The zero-order chi connectivity index (χ0) is 13.0. The predicted molar refractivity (Wildman–Crippen MR) is 69.0 cm³/mol. The number of hydrogen-bond donors (Lipinski definition) is 2. The maximum absolute atomic E-state index is 12.9. The van der Waals surface area contributed by atoms with Crippen LogP contribution < -0.4 is 10.6 Å². The summed E-state index contributed by atoms with van der Waals surface area (Å²) in [4.78, 5) is 11.5. The maximum Gasteiger partial charge on any atom is 0.314 e. The zero-order valence-electron chi connectivity index (χ0n) is 10.6. The van der Waals surface area contributed by atoms with Crippen LogP contribution in [0.25, 0.3) is 0 Å². The second kappa shape index (κ2) is 5.38. The molecule has 0 heterocycles. The number of hydrogen-bond acceptors (Lipinski definition) is 1. The van der Waals surface area contributed by atoms with Crippen molar-refractivity contribution in [1.29, 1.82) is 0 Å². The van der Waals surface area contributed by atoms with Crippen LogP contribution in [-0.4, -0.2) is 19.1 Å². The number of halogens is 1. The average molecular weight is 250 g/mol. The van der Waals surface area contributed by atoms with Crippen LogP contribution in [0, 0.1) is 5.82 Å². The van der Waals surface area contributed by atoms with Crippen LogP contribution in [0.15, 0.2) is 24.3 Å². The molecule has 0 aliphatic heterocycles. The molecule has 1 aromatic rings. The predicted octanol–water partition coefficient (Wildman–Crippen LogP) is 2.57. The van der Waals surface area contributed by atoms with Crippen LogP contribution in [0.3, 0.4) is 0 Å². The van der Waals surface area contributed by atoms with Gasteiger partial charge in [-0.05, 0) is 37.0 Å². The van der Waals surface area contributed by atoms with Crippen LogP contribution in [0.4, 0.5) is 9.18 Å². The molecule has 1 aliphatic carbocycles. The molecule has 1 aliphatic rings. The van der Waals surface area contributed by atoms with Gasteiger partial charge in [0.05, 0.1) is 0 Å². The van der Waals surface area contributed by atoms with E-state index in [0.717, 1.165) is 24.8 Å². The Morgan fingerprint density at radius 3 is 2.50 bits per heavy atom. The third kappa shape index (κ3) is 3.00. The number of amides is 2. The molecule has 0 bridgehead atoms. The molecule has 2 rings (SSSR count). The van der Waals surface area contributed by atoms with Crippen LogP contribution in [0.5, 0.6) is 0 Å². The van der Waals surface area contributed by atoms with Crippen LogP contribution in [-0.2, 0) is 5.41 Å². The highest BCUT2D eigenvalue weighted by molar-refractivity contribution is 5.74. The molecule has 98 valence electrons. The van der Waals surface area contributed by atoms with Crippen molar-refractivity contribution in [3.8, 4) is 0 Å². The van der Waals surface area contributed by atoms with Gasteiger partial charge in [0.25, 0.3) is 0 Å². The maximum atomic E-state index is 12.9. The van der Waals surface area contributed by atoms with Gasteiger partial charge in [-0.1, -0.05) is 19.1 Å². The summed E-state index contributed by atoms with van der Waals surface area (Å²) >= 11 is 0. The van der Waals surface area contributed by atoms with Crippen molar-refractivity contribution in [3.63, 3.8) is 0 Å². The number of carbonyl (C=O) groups excluding carboxylic acids is 1. The van der Waals surface area contributed by atoms with Crippen molar-refractivity contribution >= 4 is 6.03 Å². The molecule has 18 heavy (non-hydrogen) atoms. The van der Waals surface area contributed by atoms with Gasteiger partial charge < -0.3 is 10.6 Å². The van der Waals surface area contributed by atoms with Crippen molar-refractivity contribution in [2.75, 3.05) is 13.1 Å². The molecular formula is C14H19FN2O. The third-order valence-corrected chi connectivity index (χ3v) is 3.43. The topological polar surface area (TPSA) is 41.1 Å². The lowest BCUT2D eigenvalue weighted by molar-refractivity contribution is 0.240. The summed E-state index contributed by atoms with van der Waals surface area (Å²) in [5.74, 6) is -0.219. The highest BCUT2D eigenvalue weighted by Crippen LogP contribution is 2.47. The van der Waals surface area contributed by atoms with E-state index in [-0.39, 0.29) is 17.3 Å². The van der Waals surface area contributed by atoms with Crippen LogP contribution >= 0.6 is 0 Å². The molecule has 3 nitrogen and oxygen atoms in total. The Labute approximate surface area is 107 Å². The van der Waals surface area contributed by atoms with Crippen molar-refractivity contribution in [2.45, 2.75) is 31.6 Å². The quantitative estimate of drug-likeness (QED) is 0.828. The molecule has 1 aromatic carbocycles. The molecule has 0 saturated heterocycles. The Morgan fingerprint density at radius 2 is 1.94 bits per heavy atom. The third-order valence-electron chi connectivity index (χ3n) is 3.43. The van der Waals surface area contributed by atoms with E-state index in [4.69, 9.17) is 0 Å². The van der Waals surface area contributed by atoms with Crippen molar-refractivity contribution < 1.29 is 9.18 Å². The lowest BCUT2D eigenvalue weighted by Gasteiger charge is -2.16. The normalized spacial score (nSPS) is 16.1. The zero-order valence-corrected chi connectivity index (χ0v) is 10.6. The fraction of sp³-hybridized carbons (Fsp3) is 0.500. The summed E-state index contributed by atoms with van der Waals surface area (Å²) in [5, 5.41) is 5.67. The minimum Gasteiger partial charge on any atom is -0.338 e. The molecule has 1 saturated carbocycles. The van der Waals surface area contributed by atoms with Gasteiger partial charge in [0, 0.05) is 18.5 Å². The summed E-state index contributed by atoms with van der Waals surface area (Å²) < 4.78 is 12.9. The molecule has 0 spiro atoms. The Kier molecular flexibility index (Phi) is 3.84. The minimum absolute atomic E-state index is 0.0251. The molecule has 2 amide bonds. The first-order valence-electron chi connectivity index (χ1n) is 6.44. The molecular weight excluding hydrogens is 231 g/mol. The van der Waals surface area contributed by atoms with E-state index in [1.807, 2.05) is 19.1 Å². The van der Waals surface area contributed by atoms with E-state index in [2.05, 4.69) is 10.6 Å². The lowest BCUT2D eigenvalue weighted by Crippen LogP contribution is -2.40. The monoisotopic (exact) mass is 250 g/mol. The van der Waals surface area contributed by atoms with Gasteiger partial charge in [-0.25, -0.2) is 9.18 Å². The second-order valence-electron chi connectivity index (χ2n) is 4.90. The molecule has 0 radical (unpaired) electrons. The van der Waals surface area contributed by atoms with Gasteiger partial charge in [0.2, 0.25) is 0 Å². The van der Waals surface area contributed by atoms with E-state index in [9.17, 15) is 9.18 Å². The Balaban J connectivity index is 1.88. The summed E-state index contributed by atoms with van der Waals surface area (Å²) in [7, 11) is 0. The van der Waals surface area contributed by atoms with Gasteiger partial charge in [0.15, 0.2) is 0 Å². The lowest BCUT2D eigenvalue weighted by atomic mass is 9.96. The number of benzene rings is 1. The average Bonchev–Trinajstić information content (AvgIpc) is 3.16. The number of nitrogens with one attached hydrogen (secondary N) is 2. The van der Waals surface area contributed by atoms with Gasteiger partial charge in [-0.3, -0.25) is 0 Å². The number of rotatable bonds is 5. The van der Waals surface area contributed by atoms with Crippen molar-refractivity contribution in [3.05, 3.63) is 35.6 Å². The van der Waals surface area contributed by atoms with E-state index in [1.165, 1.54) is 12.1 Å². The SMILES string of the molecule is CCCNC(=O)NCC1(c2ccc(F)cc2)CC1. The van der Waals surface area contributed by atoms with E-state index in [0.29, 0.717) is 13.1 Å². The Morgan fingerprint density at radius 1 is 1.28 bits per heavy atom. The summed E-state index contributed by atoms with van der Waals surface area (Å²) in [5.41, 5.74) is 1.14. The summed E-state index contributed by atoms with van der Waals surface area (Å²) in [6, 6.07) is 6.46. The number of urea groups is 1. The van der Waals surface area contributed by atoms with Crippen LogP contribution in [0.2, 0.25) is 0 Å². The van der Waals surface area contributed by atoms with Crippen molar-refractivity contribution in [2.24, 2.45) is 0 Å². The largest absolute Gasteiger partial charge is 0.338 e. The molecule has 1 fully saturated rings. The summed E-state index contributed by atoms with van der Waals surface area (Å²) in [6.45, 7) is 3.32. The van der Waals surface area contributed by atoms with E-state index >= 15 is 0 Å². The first-order valence-corrected chi connectivity index (χ1v) is 6.44. The molecule has 0 unspecified atom stereocenters. The first kappa shape index (κ1) is 12.9. The fourth-order valence-corrected chi connectivity index (χ4v) is 2.07. The highest BCUT2D eigenvalue weighted by Gasteiger charge is 2.44. The van der Waals surface area contributed by atoms with Gasteiger partial charge >= 0.3 is 6.03 Å². The number of carbonyl (C=O) groups is 1. The Bertz CT molecular complexity index is 412. The Hall–Kier alpha value is -1.58. The van der Waals surface area contributed by atoms with Crippen LogP contribution in [0.1, 0.15) is 31.7 Å². The van der Waals surface area contributed by atoms with Gasteiger partial charge in [0.1, 0.15) is 5.82 Å². The second-order valence-corrected chi connectivity index (χ2v) is 4.90. The smallest absolute Gasteiger partial charge is 0.314 e. The standard InChI is InChI=1S/C14H19FN2O/c1-2-9-16-13(18)17-10-14(7-8-14)11-3-5-12(15)6-4-11/h3-6H,2,7-10H2,1H3,(H2,16,17,18). The van der Waals surface area contributed by atoms with E-state index < -0.39 is 0 Å².